The largest absolute Gasteiger partial charge is 0.461 e. The molecule has 0 spiro atoms. The Hall–Kier alpha value is -2.11. The standard InChI is InChI=1S/C16H16O5/c1-9-10(2)20-14-7-13-11(3-4-15(18)21-13)12(16(9)14)8-19-6-5-17/h3-4,7,17H,5-6,8H2,1-2H3. The minimum absolute atomic E-state index is 0.0353. The topological polar surface area (TPSA) is 72.8 Å². The van der Waals surface area contributed by atoms with Gasteiger partial charge >= 0.3 is 5.63 Å². The second-order valence-corrected chi connectivity index (χ2v) is 4.95. The Morgan fingerprint density at radius 1 is 1.19 bits per heavy atom. The zero-order valence-corrected chi connectivity index (χ0v) is 11.9. The Balaban J connectivity index is 2.31. The molecule has 110 valence electrons. The van der Waals surface area contributed by atoms with E-state index in [0.29, 0.717) is 17.8 Å². The van der Waals surface area contributed by atoms with Gasteiger partial charge in [0, 0.05) is 28.5 Å². The number of benzene rings is 1. The SMILES string of the molecule is Cc1oc2cc3oc(=O)ccc3c(COCCO)c2c1C. The maximum absolute atomic E-state index is 11.4. The van der Waals surface area contributed by atoms with Crippen molar-refractivity contribution in [2.24, 2.45) is 0 Å². The van der Waals surface area contributed by atoms with Crippen LogP contribution in [0.5, 0.6) is 0 Å². The van der Waals surface area contributed by atoms with E-state index in [1.54, 1.807) is 12.1 Å². The quantitative estimate of drug-likeness (QED) is 0.590. The van der Waals surface area contributed by atoms with Crippen LogP contribution in [0.2, 0.25) is 0 Å². The van der Waals surface area contributed by atoms with Gasteiger partial charge in [-0.1, -0.05) is 0 Å². The number of hydrogen-bond donors (Lipinski definition) is 1. The molecule has 1 aromatic carbocycles. The van der Waals surface area contributed by atoms with Crippen molar-refractivity contribution in [3.63, 3.8) is 0 Å². The van der Waals surface area contributed by atoms with E-state index < -0.39 is 5.63 Å². The molecule has 0 bridgehead atoms. The molecule has 0 aliphatic carbocycles. The van der Waals surface area contributed by atoms with E-state index in [1.165, 1.54) is 6.07 Å². The van der Waals surface area contributed by atoms with Crippen LogP contribution in [0, 0.1) is 13.8 Å². The molecule has 0 atom stereocenters. The normalized spacial score (nSPS) is 11.6. The highest BCUT2D eigenvalue weighted by Crippen LogP contribution is 2.33. The number of ether oxygens (including phenoxy) is 1. The lowest BCUT2D eigenvalue weighted by atomic mass is 10.0. The van der Waals surface area contributed by atoms with E-state index in [-0.39, 0.29) is 13.2 Å². The van der Waals surface area contributed by atoms with Crippen molar-refractivity contribution in [2.75, 3.05) is 13.2 Å². The van der Waals surface area contributed by atoms with Gasteiger partial charge in [0.2, 0.25) is 0 Å². The molecule has 21 heavy (non-hydrogen) atoms. The molecule has 1 N–H and O–H groups in total. The summed E-state index contributed by atoms with van der Waals surface area (Å²) < 4.78 is 16.4. The average Bonchev–Trinajstić information content (AvgIpc) is 2.73. The molecule has 0 radical (unpaired) electrons. The van der Waals surface area contributed by atoms with E-state index in [0.717, 1.165) is 27.7 Å². The summed E-state index contributed by atoms with van der Waals surface area (Å²) in [5, 5.41) is 10.7. The Morgan fingerprint density at radius 2 is 2.00 bits per heavy atom. The second-order valence-electron chi connectivity index (χ2n) is 4.95. The molecule has 2 heterocycles. The summed E-state index contributed by atoms with van der Waals surface area (Å²) in [5.41, 5.74) is 2.71. The fourth-order valence-corrected chi connectivity index (χ4v) is 2.56. The smallest absolute Gasteiger partial charge is 0.336 e. The van der Waals surface area contributed by atoms with Crippen LogP contribution in [0.3, 0.4) is 0 Å². The van der Waals surface area contributed by atoms with Crippen LogP contribution in [0.1, 0.15) is 16.9 Å². The Kier molecular flexibility index (Phi) is 3.53. The van der Waals surface area contributed by atoms with Crippen molar-refractivity contribution in [3.05, 3.63) is 45.5 Å². The zero-order chi connectivity index (χ0) is 15.0. The van der Waals surface area contributed by atoms with Gasteiger partial charge in [0.15, 0.2) is 0 Å². The van der Waals surface area contributed by atoms with Crippen molar-refractivity contribution < 1.29 is 18.7 Å². The highest BCUT2D eigenvalue weighted by Gasteiger charge is 2.16. The first-order valence-corrected chi connectivity index (χ1v) is 6.76. The molecular weight excluding hydrogens is 272 g/mol. The Bertz CT molecular complexity index is 856. The number of aliphatic hydroxyl groups excluding tert-OH is 1. The summed E-state index contributed by atoms with van der Waals surface area (Å²) in [6.45, 7) is 4.43. The molecule has 0 aliphatic heterocycles. The van der Waals surface area contributed by atoms with Gasteiger partial charge in [-0.05, 0) is 25.5 Å². The molecular formula is C16H16O5. The molecule has 0 saturated carbocycles. The second kappa shape index (κ2) is 5.35. The van der Waals surface area contributed by atoms with Crippen LogP contribution in [0.15, 0.2) is 31.8 Å². The van der Waals surface area contributed by atoms with Gasteiger partial charge in [0.25, 0.3) is 0 Å². The molecule has 3 aromatic rings. The van der Waals surface area contributed by atoms with Gasteiger partial charge in [-0.15, -0.1) is 0 Å². The maximum Gasteiger partial charge on any atom is 0.336 e. The molecule has 2 aromatic heterocycles. The van der Waals surface area contributed by atoms with Crippen molar-refractivity contribution in [3.8, 4) is 0 Å². The zero-order valence-electron chi connectivity index (χ0n) is 11.9. The highest BCUT2D eigenvalue weighted by atomic mass is 16.5. The number of aliphatic hydroxyl groups is 1. The van der Waals surface area contributed by atoms with E-state index >= 15 is 0 Å². The molecule has 5 heteroatoms. The molecule has 0 saturated heterocycles. The predicted octanol–water partition coefficient (Wildman–Crippen LogP) is 2.66. The molecule has 0 fully saturated rings. The van der Waals surface area contributed by atoms with E-state index in [1.807, 2.05) is 13.8 Å². The lowest BCUT2D eigenvalue weighted by Gasteiger charge is -2.08. The fourth-order valence-electron chi connectivity index (χ4n) is 2.56. The molecule has 3 rings (SSSR count). The monoisotopic (exact) mass is 288 g/mol. The summed E-state index contributed by atoms with van der Waals surface area (Å²) >= 11 is 0. The van der Waals surface area contributed by atoms with Crippen molar-refractivity contribution in [1.29, 1.82) is 0 Å². The van der Waals surface area contributed by atoms with E-state index in [4.69, 9.17) is 18.7 Å². The van der Waals surface area contributed by atoms with E-state index in [9.17, 15) is 4.79 Å². The Morgan fingerprint density at radius 3 is 2.76 bits per heavy atom. The molecule has 0 aliphatic rings. The van der Waals surface area contributed by atoms with E-state index in [2.05, 4.69) is 0 Å². The summed E-state index contributed by atoms with van der Waals surface area (Å²) in [4.78, 5) is 11.4. The minimum atomic E-state index is -0.399. The van der Waals surface area contributed by atoms with Crippen molar-refractivity contribution in [2.45, 2.75) is 20.5 Å². The summed E-state index contributed by atoms with van der Waals surface area (Å²) in [6.07, 6.45) is 0. The third-order valence-electron chi connectivity index (χ3n) is 3.65. The molecule has 0 unspecified atom stereocenters. The number of furan rings is 1. The van der Waals surface area contributed by atoms with Gasteiger partial charge in [-0.2, -0.15) is 0 Å². The minimum Gasteiger partial charge on any atom is -0.461 e. The fraction of sp³-hybridized carbons (Fsp3) is 0.312. The van der Waals surface area contributed by atoms with Crippen LogP contribution in [0.25, 0.3) is 21.9 Å². The lowest BCUT2D eigenvalue weighted by molar-refractivity contribution is 0.0827. The third kappa shape index (κ3) is 2.34. The number of aryl methyl sites for hydroxylation is 2. The number of fused-ring (bicyclic) bond motifs is 2. The average molecular weight is 288 g/mol. The molecule has 0 amide bonds. The first-order chi connectivity index (χ1) is 10.1. The third-order valence-corrected chi connectivity index (χ3v) is 3.65. The van der Waals surface area contributed by atoms with Crippen LogP contribution in [-0.4, -0.2) is 18.3 Å². The molecule has 5 nitrogen and oxygen atoms in total. The maximum atomic E-state index is 11.4. The van der Waals surface area contributed by atoms with Crippen LogP contribution in [-0.2, 0) is 11.3 Å². The highest BCUT2D eigenvalue weighted by molar-refractivity contribution is 5.99. The predicted molar refractivity (Wildman–Crippen MR) is 78.5 cm³/mol. The van der Waals surface area contributed by atoms with Gasteiger partial charge in [0.05, 0.1) is 19.8 Å². The van der Waals surface area contributed by atoms with Crippen LogP contribution in [0.4, 0.5) is 0 Å². The summed E-state index contributed by atoms with van der Waals surface area (Å²) in [5.74, 6) is 0.825. The van der Waals surface area contributed by atoms with Gasteiger partial charge < -0.3 is 18.7 Å². The van der Waals surface area contributed by atoms with Gasteiger partial charge in [0.1, 0.15) is 16.9 Å². The number of rotatable bonds is 4. The van der Waals surface area contributed by atoms with Gasteiger partial charge in [-0.25, -0.2) is 4.79 Å². The first-order valence-electron chi connectivity index (χ1n) is 6.76. The van der Waals surface area contributed by atoms with Crippen LogP contribution < -0.4 is 5.63 Å². The lowest BCUT2D eigenvalue weighted by Crippen LogP contribution is -2.02. The van der Waals surface area contributed by atoms with Crippen molar-refractivity contribution in [1.82, 2.24) is 0 Å². The summed E-state index contributed by atoms with van der Waals surface area (Å²) in [7, 11) is 0. The summed E-state index contributed by atoms with van der Waals surface area (Å²) in [6, 6.07) is 4.87. The Labute approximate surface area is 120 Å². The number of hydrogen-bond acceptors (Lipinski definition) is 5. The van der Waals surface area contributed by atoms with Gasteiger partial charge in [-0.3, -0.25) is 0 Å². The first kappa shape index (κ1) is 13.9. The van der Waals surface area contributed by atoms with Crippen LogP contribution >= 0.6 is 0 Å². The van der Waals surface area contributed by atoms with Crippen molar-refractivity contribution >= 4 is 21.9 Å².